The van der Waals surface area contributed by atoms with Gasteiger partial charge in [-0.25, -0.2) is 4.39 Å². The molecule has 2 aliphatic rings. The van der Waals surface area contributed by atoms with E-state index in [1.54, 1.807) is 28.0 Å². The van der Waals surface area contributed by atoms with Gasteiger partial charge in [0, 0.05) is 31.7 Å². The van der Waals surface area contributed by atoms with Crippen LogP contribution in [0, 0.1) is 5.82 Å². The van der Waals surface area contributed by atoms with Gasteiger partial charge in [-0.05, 0) is 35.7 Å². The molecule has 0 saturated carbocycles. The lowest BCUT2D eigenvalue weighted by Gasteiger charge is -2.26. The molecule has 2 amide bonds. The number of rotatable bonds is 5. The van der Waals surface area contributed by atoms with Crippen molar-refractivity contribution in [3.05, 3.63) is 65.0 Å². The van der Waals surface area contributed by atoms with Crippen LogP contribution in [0.4, 0.5) is 10.1 Å². The van der Waals surface area contributed by atoms with Gasteiger partial charge in [0.15, 0.2) is 0 Å². The van der Waals surface area contributed by atoms with Gasteiger partial charge in [0.2, 0.25) is 5.91 Å². The highest BCUT2D eigenvalue weighted by Gasteiger charge is 2.24. The molecule has 29 heavy (non-hydrogen) atoms. The van der Waals surface area contributed by atoms with Gasteiger partial charge in [-0.3, -0.25) is 9.59 Å². The number of amides is 2. The molecule has 2 aromatic rings. The summed E-state index contributed by atoms with van der Waals surface area (Å²) in [6.07, 6.45) is 0.749. The van der Waals surface area contributed by atoms with Crippen molar-refractivity contribution in [1.29, 1.82) is 0 Å². The summed E-state index contributed by atoms with van der Waals surface area (Å²) in [4.78, 5) is 28.4. The minimum Gasteiger partial charge on any atom is -0.378 e. The first-order valence-corrected chi connectivity index (χ1v) is 9.87. The van der Waals surface area contributed by atoms with E-state index in [4.69, 9.17) is 4.74 Å². The Kier molecular flexibility index (Phi) is 5.76. The number of hydrogen-bond donors (Lipinski definition) is 1. The molecule has 2 aliphatic heterocycles. The van der Waals surface area contributed by atoms with E-state index < -0.39 is 0 Å². The van der Waals surface area contributed by atoms with Crippen molar-refractivity contribution in [3.63, 3.8) is 0 Å². The number of ether oxygens (including phenoxy) is 1. The molecule has 6 nitrogen and oxygen atoms in total. The molecule has 0 unspecified atom stereocenters. The number of carbonyl (C=O) groups is 2. The molecule has 2 aromatic carbocycles. The van der Waals surface area contributed by atoms with Gasteiger partial charge in [0.1, 0.15) is 5.82 Å². The third kappa shape index (κ3) is 4.40. The van der Waals surface area contributed by atoms with Gasteiger partial charge in [-0.15, -0.1) is 0 Å². The fourth-order valence-corrected chi connectivity index (χ4v) is 3.79. The Morgan fingerprint density at radius 3 is 2.55 bits per heavy atom. The summed E-state index contributed by atoms with van der Waals surface area (Å²) >= 11 is 0. The zero-order valence-corrected chi connectivity index (χ0v) is 16.2. The van der Waals surface area contributed by atoms with Crippen LogP contribution in [0.15, 0.2) is 42.5 Å². The standard InChI is InChI=1S/C22H24FN3O3/c23-19-3-1-2-17-8-9-26(21(17)19)15-20(27)24-14-16-4-6-18(7-5-16)22(28)25-10-12-29-13-11-25/h1-7H,8-15H2,(H,24,27). The van der Waals surface area contributed by atoms with Crippen LogP contribution in [0.3, 0.4) is 0 Å². The molecular formula is C22H24FN3O3. The number of halogens is 1. The molecule has 0 aromatic heterocycles. The minimum atomic E-state index is -0.284. The third-order valence-electron chi connectivity index (χ3n) is 5.36. The number of fused-ring (bicyclic) bond motifs is 1. The zero-order chi connectivity index (χ0) is 20.2. The van der Waals surface area contributed by atoms with E-state index in [1.807, 2.05) is 18.2 Å². The summed E-state index contributed by atoms with van der Waals surface area (Å²) in [6, 6.07) is 12.3. The molecule has 4 rings (SSSR count). The maximum absolute atomic E-state index is 14.1. The van der Waals surface area contributed by atoms with Gasteiger partial charge >= 0.3 is 0 Å². The zero-order valence-electron chi connectivity index (χ0n) is 16.2. The number of carbonyl (C=O) groups excluding carboxylic acids is 2. The average Bonchev–Trinajstić information content (AvgIpc) is 3.17. The molecule has 152 valence electrons. The molecule has 1 fully saturated rings. The van der Waals surface area contributed by atoms with E-state index >= 15 is 0 Å². The van der Waals surface area contributed by atoms with Gasteiger partial charge in [0.05, 0.1) is 25.4 Å². The van der Waals surface area contributed by atoms with Crippen molar-refractivity contribution in [3.8, 4) is 0 Å². The van der Waals surface area contributed by atoms with E-state index in [1.165, 1.54) is 6.07 Å². The summed E-state index contributed by atoms with van der Waals surface area (Å²) in [6.45, 7) is 3.49. The van der Waals surface area contributed by atoms with E-state index in [-0.39, 0.29) is 24.2 Å². The second kappa shape index (κ2) is 8.61. The Morgan fingerprint density at radius 1 is 1.03 bits per heavy atom. The Bertz CT molecular complexity index is 895. The highest BCUT2D eigenvalue weighted by atomic mass is 19.1. The predicted molar refractivity (Wildman–Crippen MR) is 107 cm³/mol. The number of anilines is 1. The average molecular weight is 397 g/mol. The molecule has 1 N–H and O–H groups in total. The van der Waals surface area contributed by atoms with Gasteiger partial charge in [-0.1, -0.05) is 24.3 Å². The van der Waals surface area contributed by atoms with Gasteiger partial charge in [-0.2, -0.15) is 0 Å². The van der Waals surface area contributed by atoms with Crippen molar-refractivity contribution >= 4 is 17.5 Å². The van der Waals surface area contributed by atoms with Crippen LogP contribution in [-0.4, -0.2) is 56.1 Å². The van der Waals surface area contributed by atoms with Crippen LogP contribution in [0.25, 0.3) is 0 Å². The molecular weight excluding hydrogens is 373 g/mol. The lowest BCUT2D eigenvalue weighted by atomic mass is 10.1. The number of morpholine rings is 1. The number of benzene rings is 2. The number of nitrogens with one attached hydrogen (secondary N) is 1. The van der Waals surface area contributed by atoms with Crippen LogP contribution < -0.4 is 10.2 Å². The first kappa shape index (κ1) is 19.4. The SMILES string of the molecule is O=C(CN1CCc2cccc(F)c21)NCc1ccc(C(=O)N2CCOCC2)cc1. The monoisotopic (exact) mass is 397 g/mol. The molecule has 0 radical (unpaired) electrons. The molecule has 1 saturated heterocycles. The second-order valence-electron chi connectivity index (χ2n) is 7.30. The summed E-state index contributed by atoms with van der Waals surface area (Å²) in [5.74, 6) is -0.443. The van der Waals surface area contributed by atoms with Crippen molar-refractivity contribution < 1.29 is 18.7 Å². The molecule has 0 spiro atoms. The Morgan fingerprint density at radius 2 is 1.79 bits per heavy atom. The quantitative estimate of drug-likeness (QED) is 0.838. The van der Waals surface area contributed by atoms with E-state index in [9.17, 15) is 14.0 Å². The number of hydrogen-bond acceptors (Lipinski definition) is 4. The molecule has 2 heterocycles. The lowest BCUT2D eigenvalue weighted by Crippen LogP contribution is -2.40. The van der Waals surface area contributed by atoms with Crippen LogP contribution in [0.1, 0.15) is 21.5 Å². The topological polar surface area (TPSA) is 61.9 Å². The normalized spacial score (nSPS) is 15.9. The molecule has 7 heteroatoms. The largest absolute Gasteiger partial charge is 0.378 e. The lowest BCUT2D eigenvalue weighted by molar-refractivity contribution is -0.119. The summed E-state index contributed by atoms with van der Waals surface area (Å²) < 4.78 is 19.3. The van der Waals surface area contributed by atoms with Gasteiger partial charge in [0.25, 0.3) is 5.91 Å². The molecule has 0 atom stereocenters. The Hall–Kier alpha value is -2.93. The smallest absolute Gasteiger partial charge is 0.254 e. The van der Waals surface area contributed by atoms with E-state index in [2.05, 4.69) is 5.32 Å². The first-order chi connectivity index (χ1) is 14.1. The fraction of sp³-hybridized carbons (Fsp3) is 0.364. The molecule has 0 bridgehead atoms. The van der Waals surface area contributed by atoms with E-state index in [0.29, 0.717) is 50.6 Å². The first-order valence-electron chi connectivity index (χ1n) is 9.87. The van der Waals surface area contributed by atoms with Crippen molar-refractivity contribution in [2.24, 2.45) is 0 Å². The molecule has 0 aliphatic carbocycles. The van der Waals surface area contributed by atoms with Crippen molar-refractivity contribution in [2.45, 2.75) is 13.0 Å². The summed E-state index contributed by atoms with van der Waals surface area (Å²) in [5, 5.41) is 2.87. The highest BCUT2D eigenvalue weighted by molar-refractivity contribution is 5.94. The van der Waals surface area contributed by atoms with Crippen LogP contribution >= 0.6 is 0 Å². The third-order valence-corrected chi connectivity index (χ3v) is 5.36. The van der Waals surface area contributed by atoms with E-state index in [0.717, 1.165) is 17.5 Å². The van der Waals surface area contributed by atoms with Crippen LogP contribution in [0.2, 0.25) is 0 Å². The number of nitrogens with zero attached hydrogens (tertiary/aromatic N) is 2. The Labute approximate surface area is 169 Å². The Balaban J connectivity index is 1.29. The van der Waals surface area contributed by atoms with Crippen LogP contribution in [0.5, 0.6) is 0 Å². The second-order valence-corrected chi connectivity index (χ2v) is 7.30. The van der Waals surface area contributed by atoms with Gasteiger partial charge < -0.3 is 19.9 Å². The van der Waals surface area contributed by atoms with Crippen molar-refractivity contribution in [2.75, 3.05) is 44.3 Å². The fourth-order valence-electron chi connectivity index (χ4n) is 3.79. The minimum absolute atomic E-state index is 0.00129. The van der Waals surface area contributed by atoms with Crippen LogP contribution in [-0.2, 0) is 22.5 Å². The maximum Gasteiger partial charge on any atom is 0.254 e. The maximum atomic E-state index is 14.1. The summed E-state index contributed by atoms with van der Waals surface area (Å²) in [5.41, 5.74) is 3.02. The number of para-hydroxylation sites is 1. The van der Waals surface area contributed by atoms with Crippen molar-refractivity contribution in [1.82, 2.24) is 10.2 Å². The predicted octanol–water partition coefficient (Wildman–Crippen LogP) is 1.98. The highest BCUT2D eigenvalue weighted by Crippen LogP contribution is 2.30. The summed E-state index contributed by atoms with van der Waals surface area (Å²) in [7, 11) is 0.